The van der Waals surface area contributed by atoms with Gasteiger partial charge in [-0.1, -0.05) is 52.0 Å². The number of halogens is 3. The van der Waals surface area contributed by atoms with Gasteiger partial charge in [0, 0.05) is 38.0 Å². The number of thiazole rings is 1. The first-order chi connectivity index (χ1) is 34.0. The van der Waals surface area contributed by atoms with Crippen molar-refractivity contribution >= 4 is 63.5 Å². The minimum Gasteiger partial charge on any atom is -0.494 e. The number of aryl methyl sites for hydroxylation is 1. The van der Waals surface area contributed by atoms with Gasteiger partial charge in [0.15, 0.2) is 16.6 Å². The van der Waals surface area contributed by atoms with Crippen molar-refractivity contribution in [2.24, 2.45) is 23.2 Å². The van der Waals surface area contributed by atoms with Crippen molar-refractivity contribution in [1.29, 1.82) is 5.26 Å². The quantitative estimate of drug-likeness (QED) is 0.0533. The number of unbranched alkanes of at least 4 members (excludes halogenated alkanes) is 1. The van der Waals surface area contributed by atoms with Gasteiger partial charge >= 0.3 is 6.18 Å². The molecule has 1 saturated heterocycles. The van der Waals surface area contributed by atoms with E-state index in [9.17, 15) is 37.5 Å². The predicted molar refractivity (Wildman–Crippen MR) is 270 cm³/mol. The number of rotatable bonds is 21. The van der Waals surface area contributed by atoms with Crippen LogP contribution in [0.2, 0.25) is 0 Å². The molecule has 1 aliphatic carbocycles. The van der Waals surface area contributed by atoms with Crippen LogP contribution in [0.5, 0.6) is 5.75 Å². The van der Waals surface area contributed by atoms with Gasteiger partial charge in [-0.15, -0.1) is 11.3 Å². The molecule has 3 heterocycles. The Balaban J connectivity index is 0.886. The molecule has 4 aromatic rings. The number of carbonyl (C=O) groups is 4. The summed E-state index contributed by atoms with van der Waals surface area (Å²) >= 11 is 7.17. The van der Waals surface area contributed by atoms with Crippen molar-refractivity contribution in [2.45, 2.75) is 111 Å². The Kier molecular flexibility index (Phi) is 18.3. The monoisotopic (exact) mass is 1030 g/mol. The summed E-state index contributed by atoms with van der Waals surface area (Å²) in [6, 6.07) is 15.9. The van der Waals surface area contributed by atoms with Gasteiger partial charge in [0.25, 0.3) is 5.91 Å². The first-order valence-electron chi connectivity index (χ1n) is 23.9. The number of Topliss-reactive ketones (excluding diaryl/α,β-unsaturated/α-hetero) is 1. The topological polar surface area (TPSA) is 196 Å². The van der Waals surface area contributed by atoms with Gasteiger partial charge in [-0.25, -0.2) is 9.97 Å². The highest BCUT2D eigenvalue weighted by Crippen LogP contribution is 2.41. The number of ketones is 1. The Bertz CT molecular complexity index is 2610. The highest BCUT2D eigenvalue weighted by Gasteiger charge is 2.51. The van der Waals surface area contributed by atoms with E-state index < -0.39 is 64.2 Å². The molecular formula is C52H62F3N7O8S2. The molecule has 15 nitrogen and oxygen atoms in total. The van der Waals surface area contributed by atoms with E-state index in [-0.39, 0.29) is 54.6 Å². The van der Waals surface area contributed by atoms with Crippen molar-refractivity contribution in [3.63, 3.8) is 0 Å². The Morgan fingerprint density at radius 1 is 0.972 bits per heavy atom. The Labute approximate surface area is 427 Å². The highest BCUT2D eigenvalue weighted by atomic mass is 32.1. The van der Waals surface area contributed by atoms with Crippen LogP contribution in [0.15, 0.2) is 66.3 Å². The first-order valence-corrected chi connectivity index (χ1v) is 25.1. The molecule has 2 aromatic carbocycles. The molecule has 0 spiro atoms. The van der Waals surface area contributed by atoms with Crippen LogP contribution >= 0.6 is 23.6 Å². The average molecular weight is 1030 g/mol. The van der Waals surface area contributed by atoms with E-state index in [2.05, 4.69) is 20.6 Å². The van der Waals surface area contributed by atoms with Gasteiger partial charge in [-0.2, -0.15) is 18.4 Å². The van der Waals surface area contributed by atoms with Crippen molar-refractivity contribution in [3.8, 4) is 22.3 Å². The second-order valence-corrected chi connectivity index (χ2v) is 21.0. The van der Waals surface area contributed by atoms with Crippen LogP contribution in [-0.4, -0.2) is 94.4 Å². The molecule has 2 aliphatic rings. The van der Waals surface area contributed by atoms with E-state index in [1.165, 1.54) is 6.07 Å². The molecule has 2 aromatic heterocycles. The van der Waals surface area contributed by atoms with Crippen LogP contribution in [0, 0.1) is 41.4 Å². The van der Waals surface area contributed by atoms with Crippen LogP contribution in [0.25, 0.3) is 10.4 Å². The molecule has 1 aliphatic heterocycles. The van der Waals surface area contributed by atoms with Crippen LogP contribution in [-0.2, 0) is 41.4 Å². The average Bonchev–Trinajstić information content (AvgIpc) is 3.83. The van der Waals surface area contributed by atoms with Crippen molar-refractivity contribution in [1.82, 2.24) is 20.6 Å². The van der Waals surface area contributed by atoms with E-state index in [1.54, 1.807) is 54.3 Å². The number of hydrogen-bond donors (Lipinski definition) is 3. The standard InChI is InChI=1S/C52H62F3N7O8S2/c1-31-23-37(63)25-39(47(66)58-27-33-11-13-34(14-12-33)45-32(2)59-30-72-45)43(31)44(65)46(50(3,4)5)60-42(64)29-69-21-10-20-68-19-8-9-22-70-38-17-15-35(16-18-38)62-49(71)61(48(67)51(62,6)7)36-24-40(52(53,54)55)41(26-56)57-28-36/h11-18,24,28,30-31,37,39,43,46,63H,8-10,19-23,25,27,29H2,1-7H3,(H,58,66)(H,60,64)/t31?,37-,39+,43?,46+/m0/s1. The molecule has 5 atom stereocenters. The van der Waals surface area contributed by atoms with Gasteiger partial charge in [-0.3, -0.25) is 24.1 Å². The number of ether oxygens (including phenoxy) is 3. The van der Waals surface area contributed by atoms with E-state index in [0.717, 1.165) is 32.8 Å². The zero-order valence-electron chi connectivity index (χ0n) is 41.5. The first kappa shape index (κ1) is 55.5. The summed E-state index contributed by atoms with van der Waals surface area (Å²) in [6.07, 6.45) is -2.13. The van der Waals surface area contributed by atoms with E-state index in [0.29, 0.717) is 63.0 Å². The van der Waals surface area contributed by atoms with Gasteiger partial charge in [0.1, 0.15) is 24.0 Å². The number of pyridine rings is 1. The molecule has 386 valence electrons. The number of alkyl halides is 3. The van der Waals surface area contributed by atoms with Crippen LogP contribution in [0.3, 0.4) is 0 Å². The van der Waals surface area contributed by atoms with Crippen LogP contribution in [0.4, 0.5) is 24.5 Å². The fourth-order valence-electron chi connectivity index (χ4n) is 9.09. The number of aliphatic hydroxyl groups excluding tert-OH is 1. The lowest BCUT2D eigenvalue weighted by Gasteiger charge is -2.41. The highest BCUT2D eigenvalue weighted by molar-refractivity contribution is 7.81. The number of nitrogens with zero attached hydrogens (tertiary/aromatic N) is 5. The molecule has 3 N–H and O–H groups in total. The maximum absolute atomic E-state index is 14.4. The second kappa shape index (κ2) is 23.8. The number of nitrogens with one attached hydrogen (secondary N) is 2. The molecule has 72 heavy (non-hydrogen) atoms. The molecule has 6 rings (SSSR count). The van der Waals surface area contributed by atoms with Crippen LogP contribution in [0.1, 0.15) is 96.2 Å². The maximum atomic E-state index is 14.4. The summed E-state index contributed by atoms with van der Waals surface area (Å²) in [5, 5.41) is 25.7. The number of hydrogen-bond acceptors (Lipinski definition) is 13. The van der Waals surface area contributed by atoms with E-state index in [1.807, 2.05) is 64.4 Å². The maximum Gasteiger partial charge on any atom is 0.419 e. The number of benzene rings is 2. The Hall–Kier alpha value is -5.85. The number of aromatic nitrogens is 2. The molecular weight excluding hydrogens is 972 g/mol. The number of aliphatic hydroxyl groups is 1. The molecule has 2 unspecified atom stereocenters. The summed E-state index contributed by atoms with van der Waals surface area (Å²) < 4.78 is 58.3. The Morgan fingerprint density at radius 2 is 1.64 bits per heavy atom. The number of thiocarbonyl (C=S) groups is 1. The second-order valence-electron chi connectivity index (χ2n) is 19.8. The summed E-state index contributed by atoms with van der Waals surface area (Å²) in [7, 11) is 0. The number of amides is 3. The normalized spacial score (nSPS) is 19.5. The van der Waals surface area contributed by atoms with E-state index >= 15 is 0 Å². The third-order valence-electron chi connectivity index (χ3n) is 12.8. The van der Waals surface area contributed by atoms with Crippen LogP contribution < -0.4 is 25.2 Å². The smallest absolute Gasteiger partial charge is 0.419 e. The lowest BCUT2D eigenvalue weighted by Crippen LogP contribution is -2.56. The zero-order chi connectivity index (χ0) is 52.5. The molecule has 2 fully saturated rings. The SMILES string of the molecule is Cc1ncsc1-c1ccc(CNC(=O)[C@@H]2C[C@@H](O)CC(C)C2C(=O)[C@@H](NC(=O)COCCCOCCCCOc2ccc(N3C(=S)N(c4cnc(C#N)c(C(F)(F)F)c4)C(=O)C3(C)C)cc2)C(C)(C)C)cc1. The van der Waals surface area contributed by atoms with Gasteiger partial charge in [-0.05, 0) is 118 Å². The van der Waals surface area contributed by atoms with Gasteiger partial charge < -0.3 is 34.9 Å². The van der Waals surface area contributed by atoms with Gasteiger partial charge in [0.05, 0.1) is 58.2 Å². The summed E-state index contributed by atoms with van der Waals surface area (Å²) in [5.41, 5.74) is 1.02. The van der Waals surface area contributed by atoms with Gasteiger partial charge in [0.2, 0.25) is 11.8 Å². The fraction of sp³-hybridized carbons (Fsp3) is 0.500. The predicted octanol–water partition coefficient (Wildman–Crippen LogP) is 8.34. The molecule has 0 bridgehead atoms. The van der Waals surface area contributed by atoms with Crippen molar-refractivity contribution < 1.29 is 51.7 Å². The van der Waals surface area contributed by atoms with Crippen molar-refractivity contribution in [3.05, 3.63) is 88.8 Å². The number of anilines is 2. The minimum atomic E-state index is -4.86. The summed E-state index contributed by atoms with van der Waals surface area (Å²) in [6.45, 7) is 14.2. The number of nitriles is 1. The summed E-state index contributed by atoms with van der Waals surface area (Å²) in [4.78, 5) is 66.4. The molecule has 0 radical (unpaired) electrons. The lowest BCUT2D eigenvalue weighted by atomic mass is 9.65. The molecule has 20 heteroatoms. The van der Waals surface area contributed by atoms with Crippen molar-refractivity contribution in [2.75, 3.05) is 42.8 Å². The number of carbonyl (C=O) groups excluding carboxylic acids is 4. The Morgan fingerprint density at radius 3 is 2.28 bits per heavy atom. The molecule has 3 amide bonds. The largest absolute Gasteiger partial charge is 0.494 e. The third kappa shape index (κ3) is 13.4. The lowest BCUT2D eigenvalue weighted by molar-refractivity contribution is -0.144. The molecule has 1 saturated carbocycles. The van der Waals surface area contributed by atoms with E-state index in [4.69, 9.17) is 31.7 Å². The minimum absolute atomic E-state index is 0.0450. The zero-order valence-corrected chi connectivity index (χ0v) is 43.1. The fourth-order valence-corrected chi connectivity index (χ4v) is 10.4. The summed E-state index contributed by atoms with van der Waals surface area (Å²) in [5.74, 6) is -2.79. The third-order valence-corrected chi connectivity index (χ3v) is 14.2.